The SMILES string of the molecule is O=C(Cn1ccnn1)NC1CCCC1C(=O)O. The lowest BCUT2D eigenvalue weighted by atomic mass is 10.0. The summed E-state index contributed by atoms with van der Waals surface area (Å²) in [4.78, 5) is 22.6. The van der Waals surface area contributed by atoms with Gasteiger partial charge in [0.05, 0.1) is 12.1 Å². The van der Waals surface area contributed by atoms with Crippen molar-refractivity contribution in [1.29, 1.82) is 0 Å². The number of amides is 1. The predicted octanol–water partition coefficient (Wildman–Crippen LogP) is -0.352. The molecule has 0 saturated heterocycles. The summed E-state index contributed by atoms with van der Waals surface area (Å²) < 4.78 is 1.40. The molecular weight excluding hydrogens is 224 g/mol. The normalized spacial score (nSPS) is 23.5. The number of rotatable bonds is 4. The van der Waals surface area contributed by atoms with Gasteiger partial charge in [0, 0.05) is 12.2 Å². The van der Waals surface area contributed by atoms with Crippen LogP contribution in [-0.4, -0.2) is 38.0 Å². The molecule has 0 aliphatic heterocycles. The number of nitrogens with zero attached hydrogens (tertiary/aromatic N) is 3. The zero-order valence-corrected chi connectivity index (χ0v) is 9.24. The van der Waals surface area contributed by atoms with Crippen LogP contribution in [0.4, 0.5) is 0 Å². The Labute approximate surface area is 97.8 Å². The molecule has 2 rings (SSSR count). The van der Waals surface area contributed by atoms with Crippen molar-refractivity contribution in [2.75, 3.05) is 0 Å². The van der Waals surface area contributed by atoms with Crippen LogP contribution < -0.4 is 5.32 Å². The van der Waals surface area contributed by atoms with Crippen LogP contribution >= 0.6 is 0 Å². The first-order valence-corrected chi connectivity index (χ1v) is 5.53. The van der Waals surface area contributed by atoms with Crippen LogP contribution in [0.15, 0.2) is 12.4 Å². The molecule has 1 fully saturated rings. The van der Waals surface area contributed by atoms with Crippen LogP contribution in [0.1, 0.15) is 19.3 Å². The molecule has 1 aromatic rings. The summed E-state index contributed by atoms with van der Waals surface area (Å²) in [5.41, 5.74) is 0. The van der Waals surface area contributed by atoms with E-state index in [0.29, 0.717) is 6.42 Å². The standard InChI is InChI=1S/C10H14N4O3/c15-9(6-14-5-4-11-13-14)12-8-3-1-2-7(8)10(16)17/h4-5,7-8H,1-3,6H2,(H,12,15)(H,16,17). The largest absolute Gasteiger partial charge is 0.481 e. The van der Waals surface area contributed by atoms with Crippen LogP contribution in [0.25, 0.3) is 0 Å². The van der Waals surface area contributed by atoms with Crippen LogP contribution in [0.3, 0.4) is 0 Å². The molecule has 0 bridgehead atoms. The first kappa shape index (κ1) is 11.6. The first-order valence-electron chi connectivity index (χ1n) is 5.53. The molecule has 7 heteroatoms. The highest BCUT2D eigenvalue weighted by atomic mass is 16.4. The fourth-order valence-corrected chi connectivity index (χ4v) is 2.15. The number of nitrogens with one attached hydrogen (secondary N) is 1. The molecular formula is C10H14N4O3. The summed E-state index contributed by atoms with van der Waals surface area (Å²) >= 11 is 0. The van der Waals surface area contributed by atoms with Crippen molar-refractivity contribution in [2.24, 2.45) is 5.92 Å². The van der Waals surface area contributed by atoms with E-state index in [9.17, 15) is 9.59 Å². The summed E-state index contributed by atoms with van der Waals surface area (Å²) in [5, 5.41) is 19.0. The zero-order valence-electron chi connectivity index (χ0n) is 9.24. The van der Waals surface area contributed by atoms with Gasteiger partial charge in [0.2, 0.25) is 5.91 Å². The lowest BCUT2D eigenvalue weighted by molar-refractivity contribution is -0.142. The van der Waals surface area contributed by atoms with Gasteiger partial charge in [0.25, 0.3) is 0 Å². The Morgan fingerprint density at radius 3 is 2.94 bits per heavy atom. The van der Waals surface area contributed by atoms with Crippen LogP contribution in [0.2, 0.25) is 0 Å². The second-order valence-corrected chi connectivity index (χ2v) is 4.15. The van der Waals surface area contributed by atoms with E-state index in [2.05, 4.69) is 15.6 Å². The van der Waals surface area contributed by atoms with Crippen LogP contribution in [0.5, 0.6) is 0 Å². The number of carboxylic acids is 1. The number of hydrogen-bond acceptors (Lipinski definition) is 4. The smallest absolute Gasteiger partial charge is 0.308 e. The van der Waals surface area contributed by atoms with Crippen LogP contribution in [0, 0.1) is 5.92 Å². The average molecular weight is 238 g/mol. The third-order valence-corrected chi connectivity index (χ3v) is 2.96. The Bertz CT molecular complexity index is 404. The lowest BCUT2D eigenvalue weighted by Crippen LogP contribution is -2.41. The summed E-state index contributed by atoms with van der Waals surface area (Å²) in [6.07, 6.45) is 5.26. The number of aromatic nitrogens is 3. The van der Waals surface area contributed by atoms with E-state index < -0.39 is 11.9 Å². The highest BCUT2D eigenvalue weighted by Gasteiger charge is 2.33. The van der Waals surface area contributed by atoms with Gasteiger partial charge >= 0.3 is 5.97 Å². The Kier molecular flexibility index (Phi) is 3.36. The van der Waals surface area contributed by atoms with Gasteiger partial charge in [-0.15, -0.1) is 5.10 Å². The Morgan fingerprint density at radius 1 is 1.47 bits per heavy atom. The summed E-state index contributed by atoms with van der Waals surface area (Å²) in [6, 6.07) is -0.261. The zero-order chi connectivity index (χ0) is 12.3. The molecule has 2 unspecified atom stereocenters. The van der Waals surface area contributed by atoms with Crippen molar-refractivity contribution >= 4 is 11.9 Å². The molecule has 7 nitrogen and oxygen atoms in total. The van der Waals surface area contributed by atoms with Crippen molar-refractivity contribution < 1.29 is 14.7 Å². The third kappa shape index (κ3) is 2.80. The highest BCUT2D eigenvalue weighted by Crippen LogP contribution is 2.25. The molecule has 0 spiro atoms. The van der Waals surface area contributed by atoms with Gasteiger partial charge < -0.3 is 10.4 Å². The number of carbonyl (C=O) groups excluding carboxylic acids is 1. The van der Waals surface area contributed by atoms with E-state index in [1.807, 2.05) is 0 Å². The molecule has 1 heterocycles. The molecule has 2 atom stereocenters. The summed E-state index contributed by atoms with van der Waals surface area (Å²) in [7, 11) is 0. The number of carbonyl (C=O) groups is 2. The minimum Gasteiger partial charge on any atom is -0.481 e. The van der Waals surface area contributed by atoms with Gasteiger partial charge in [-0.1, -0.05) is 11.6 Å². The van der Waals surface area contributed by atoms with Gasteiger partial charge in [-0.05, 0) is 12.8 Å². The van der Waals surface area contributed by atoms with E-state index in [0.717, 1.165) is 12.8 Å². The fraction of sp³-hybridized carbons (Fsp3) is 0.600. The van der Waals surface area contributed by atoms with Crippen molar-refractivity contribution in [3.63, 3.8) is 0 Å². The molecule has 1 saturated carbocycles. The van der Waals surface area contributed by atoms with E-state index in [1.54, 1.807) is 6.20 Å². The first-order chi connectivity index (χ1) is 8.16. The van der Waals surface area contributed by atoms with Crippen molar-refractivity contribution in [3.05, 3.63) is 12.4 Å². The number of hydrogen-bond donors (Lipinski definition) is 2. The Hall–Kier alpha value is -1.92. The Balaban J connectivity index is 1.88. The second-order valence-electron chi connectivity index (χ2n) is 4.15. The molecule has 1 aliphatic carbocycles. The molecule has 0 radical (unpaired) electrons. The second kappa shape index (κ2) is 4.94. The monoisotopic (exact) mass is 238 g/mol. The minimum atomic E-state index is -0.839. The molecule has 17 heavy (non-hydrogen) atoms. The van der Waals surface area contributed by atoms with E-state index in [1.165, 1.54) is 10.9 Å². The highest BCUT2D eigenvalue weighted by molar-refractivity contribution is 5.78. The molecule has 2 N–H and O–H groups in total. The van der Waals surface area contributed by atoms with Crippen LogP contribution in [-0.2, 0) is 16.1 Å². The number of aliphatic carboxylic acids is 1. The number of carboxylic acid groups (broad SMARTS) is 1. The van der Waals surface area contributed by atoms with Crippen molar-refractivity contribution in [1.82, 2.24) is 20.3 Å². The minimum absolute atomic E-state index is 0.0723. The fourth-order valence-electron chi connectivity index (χ4n) is 2.15. The van der Waals surface area contributed by atoms with E-state index in [-0.39, 0.29) is 18.5 Å². The molecule has 0 aromatic carbocycles. The maximum absolute atomic E-state index is 11.6. The van der Waals surface area contributed by atoms with Gasteiger partial charge in [0.15, 0.2) is 0 Å². The maximum Gasteiger partial charge on any atom is 0.308 e. The predicted molar refractivity (Wildman–Crippen MR) is 56.9 cm³/mol. The van der Waals surface area contributed by atoms with Crippen molar-refractivity contribution in [2.45, 2.75) is 31.8 Å². The van der Waals surface area contributed by atoms with Gasteiger partial charge in [-0.3, -0.25) is 9.59 Å². The Morgan fingerprint density at radius 2 is 2.29 bits per heavy atom. The third-order valence-electron chi connectivity index (χ3n) is 2.96. The summed E-state index contributed by atoms with van der Waals surface area (Å²) in [5.74, 6) is -1.53. The quantitative estimate of drug-likeness (QED) is 0.747. The summed E-state index contributed by atoms with van der Waals surface area (Å²) in [6.45, 7) is 0.0723. The maximum atomic E-state index is 11.6. The van der Waals surface area contributed by atoms with Gasteiger partial charge in [-0.25, -0.2) is 4.68 Å². The van der Waals surface area contributed by atoms with E-state index >= 15 is 0 Å². The molecule has 92 valence electrons. The molecule has 1 amide bonds. The molecule has 1 aliphatic rings. The van der Waals surface area contributed by atoms with Crippen molar-refractivity contribution in [3.8, 4) is 0 Å². The van der Waals surface area contributed by atoms with Gasteiger partial charge in [0.1, 0.15) is 6.54 Å². The van der Waals surface area contributed by atoms with Gasteiger partial charge in [-0.2, -0.15) is 0 Å². The average Bonchev–Trinajstić information content (AvgIpc) is 2.88. The lowest BCUT2D eigenvalue weighted by Gasteiger charge is -2.17. The van der Waals surface area contributed by atoms with E-state index in [4.69, 9.17) is 5.11 Å². The molecule has 1 aromatic heterocycles. The topological polar surface area (TPSA) is 97.1 Å².